The number of nitrogens with zero attached hydrogens (tertiary/aromatic N) is 1. The van der Waals surface area contributed by atoms with Crippen molar-refractivity contribution in [2.24, 2.45) is 11.7 Å². The van der Waals surface area contributed by atoms with Crippen LogP contribution >= 0.6 is 11.3 Å². The molecule has 1 atom stereocenters. The summed E-state index contributed by atoms with van der Waals surface area (Å²) in [5.74, 6) is 1.35. The smallest absolute Gasteiger partial charge is 0.241 e. The number of rotatable bonds is 10. The average molecular weight is 509 g/mol. The third-order valence-electron chi connectivity index (χ3n) is 6.04. The van der Waals surface area contributed by atoms with Gasteiger partial charge in [0.05, 0.1) is 27.8 Å². The van der Waals surface area contributed by atoms with Gasteiger partial charge in [-0.25, -0.2) is 18.1 Å². The van der Waals surface area contributed by atoms with Gasteiger partial charge >= 0.3 is 0 Å². The van der Waals surface area contributed by atoms with Gasteiger partial charge in [0.1, 0.15) is 10.8 Å². The van der Waals surface area contributed by atoms with Gasteiger partial charge in [-0.2, -0.15) is 0 Å². The van der Waals surface area contributed by atoms with Crippen LogP contribution < -0.4 is 20.5 Å². The van der Waals surface area contributed by atoms with Crippen LogP contribution in [0.1, 0.15) is 22.2 Å². The summed E-state index contributed by atoms with van der Waals surface area (Å²) in [5.41, 5.74) is 8.64. The molecule has 4 aromatic rings. The number of aromatic nitrogens is 1. The van der Waals surface area contributed by atoms with Crippen LogP contribution in [0.4, 0.5) is 0 Å². The van der Waals surface area contributed by atoms with Crippen molar-refractivity contribution < 1.29 is 13.2 Å². The van der Waals surface area contributed by atoms with E-state index in [0.717, 1.165) is 40.2 Å². The SMILES string of the molecule is NCc1cccc(CC(NS(=O)(=O)c2ccccc2)c2nc3ccc(OCC4CNC4)cc3s2)c1. The molecule has 0 radical (unpaired) electrons. The molecule has 9 heteroatoms. The van der Waals surface area contributed by atoms with Crippen molar-refractivity contribution in [3.63, 3.8) is 0 Å². The van der Waals surface area contributed by atoms with Crippen LogP contribution in [0.25, 0.3) is 10.2 Å². The topological polar surface area (TPSA) is 106 Å². The van der Waals surface area contributed by atoms with E-state index in [0.29, 0.717) is 30.5 Å². The van der Waals surface area contributed by atoms with Crippen molar-refractivity contribution in [3.8, 4) is 5.75 Å². The zero-order valence-corrected chi connectivity index (χ0v) is 20.8. The van der Waals surface area contributed by atoms with Gasteiger partial charge in [-0.3, -0.25) is 0 Å². The van der Waals surface area contributed by atoms with Gasteiger partial charge in [0.25, 0.3) is 0 Å². The molecular weight excluding hydrogens is 480 g/mol. The summed E-state index contributed by atoms with van der Waals surface area (Å²) in [6.07, 6.45) is 0.456. The molecule has 1 aliphatic heterocycles. The Kier molecular flexibility index (Phi) is 7.12. The first-order valence-corrected chi connectivity index (χ1v) is 13.9. The monoisotopic (exact) mass is 508 g/mol. The first-order chi connectivity index (χ1) is 17.0. The Labute approximate surface area is 209 Å². The van der Waals surface area contributed by atoms with Crippen LogP contribution in [-0.4, -0.2) is 33.1 Å². The van der Waals surface area contributed by atoms with Crippen molar-refractivity contribution in [3.05, 3.63) is 88.9 Å². The van der Waals surface area contributed by atoms with Gasteiger partial charge in [-0.05, 0) is 47.9 Å². The lowest BCUT2D eigenvalue weighted by molar-refractivity contribution is 0.199. The normalized spacial score (nSPS) is 15.1. The molecule has 1 unspecified atom stereocenters. The van der Waals surface area contributed by atoms with Gasteiger partial charge in [0.2, 0.25) is 10.0 Å². The fourth-order valence-electron chi connectivity index (χ4n) is 4.00. The summed E-state index contributed by atoms with van der Waals surface area (Å²) < 4.78 is 36.2. The number of hydrogen-bond acceptors (Lipinski definition) is 7. The zero-order valence-electron chi connectivity index (χ0n) is 19.2. The van der Waals surface area contributed by atoms with E-state index in [1.54, 1.807) is 30.3 Å². The van der Waals surface area contributed by atoms with Crippen molar-refractivity contribution in [2.45, 2.75) is 23.9 Å². The van der Waals surface area contributed by atoms with E-state index in [4.69, 9.17) is 15.5 Å². The molecule has 1 fully saturated rings. The number of fused-ring (bicyclic) bond motifs is 1. The maximum absolute atomic E-state index is 13.2. The maximum Gasteiger partial charge on any atom is 0.241 e. The second kappa shape index (κ2) is 10.4. The number of nitrogens with two attached hydrogens (primary N) is 1. The van der Waals surface area contributed by atoms with Crippen LogP contribution in [0.3, 0.4) is 0 Å². The van der Waals surface area contributed by atoms with E-state index < -0.39 is 16.1 Å². The Bertz CT molecular complexity index is 1400. The highest BCUT2D eigenvalue weighted by atomic mass is 32.2. The highest BCUT2D eigenvalue weighted by Crippen LogP contribution is 2.32. The van der Waals surface area contributed by atoms with E-state index >= 15 is 0 Å². The molecule has 1 aromatic heterocycles. The average Bonchev–Trinajstić information content (AvgIpc) is 3.27. The quantitative estimate of drug-likeness (QED) is 0.302. The minimum atomic E-state index is -3.74. The van der Waals surface area contributed by atoms with E-state index in [2.05, 4.69) is 10.0 Å². The summed E-state index contributed by atoms with van der Waals surface area (Å²) in [5, 5.41) is 3.96. The Hall–Kier alpha value is -2.82. The molecule has 0 spiro atoms. The standard InChI is InChI=1S/C26H28N4O3S2/c27-14-19-6-4-5-18(11-19)12-24(30-35(31,32)22-7-2-1-3-8-22)26-29-23-10-9-21(13-25(23)34-26)33-17-20-15-28-16-20/h1-11,13,20,24,28,30H,12,14-17,27H2. The number of thiazole rings is 1. The lowest BCUT2D eigenvalue weighted by atomic mass is 10.0. The van der Waals surface area contributed by atoms with Crippen LogP contribution in [0.5, 0.6) is 5.75 Å². The minimum Gasteiger partial charge on any atom is -0.493 e. The first-order valence-electron chi connectivity index (χ1n) is 11.6. The Morgan fingerprint density at radius 1 is 1.06 bits per heavy atom. The van der Waals surface area contributed by atoms with Crippen LogP contribution in [-0.2, 0) is 23.0 Å². The molecule has 2 heterocycles. The van der Waals surface area contributed by atoms with Crippen molar-refractivity contribution in [2.75, 3.05) is 19.7 Å². The number of nitrogens with one attached hydrogen (secondary N) is 2. The third-order valence-corrected chi connectivity index (χ3v) is 8.66. The molecule has 0 saturated carbocycles. The molecule has 4 N–H and O–H groups in total. The number of sulfonamides is 1. The van der Waals surface area contributed by atoms with Gasteiger partial charge in [-0.15, -0.1) is 11.3 Å². The van der Waals surface area contributed by atoms with Crippen molar-refractivity contribution in [1.82, 2.24) is 15.0 Å². The fourth-order valence-corrected chi connectivity index (χ4v) is 6.34. The predicted octanol–water partition coefficient (Wildman–Crippen LogP) is 3.62. The molecule has 0 bridgehead atoms. The lowest BCUT2D eigenvalue weighted by Gasteiger charge is -2.26. The summed E-state index contributed by atoms with van der Waals surface area (Å²) in [6.45, 7) is 3.08. The summed E-state index contributed by atoms with van der Waals surface area (Å²) in [6, 6.07) is 21.6. The molecule has 3 aromatic carbocycles. The van der Waals surface area contributed by atoms with Crippen LogP contribution in [0.2, 0.25) is 0 Å². The molecule has 5 rings (SSSR count). The van der Waals surface area contributed by atoms with E-state index in [1.165, 1.54) is 11.3 Å². The Morgan fingerprint density at radius 2 is 1.86 bits per heavy atom. The second-order valence-corrected chi connectivity index (χ2v) is 11.5. The van der Waals surface area contributed by atoms with E-state index in [1.807, 2.05) is 42.5 Å². The molecule has 0 aliphatic carbocycles. The number of ether oxygens (including phenoxy) is 1. The second-order valence-electron chi connectivity index (χ2n) is 8.73. The Balaban J connectivity index is 1.44. The van der Waals surface area contributed by atoms with Crippen LogP contribution in [0, 0.1) is 5.92 Å². The minimum absolute atomic E-state index is 0.225. The molecule has 0 amide bonds. The fraction of sp³-hybridized carbons (Fsp3) is 0.269. The van der Waals surface area contributed by atoms with E-state index in [-0.39, 0.29) is 4.90 Å². The van der Waals surface area contributed by atoms with Crippen molar-refractivity contribution in [1.29, 1.82) is 0 Å². The molecule has 1 aliphatic rings. The van der Waals surface area contributed by atoms with E-state index in [9.17, 15) is 8.42 Å². The Morgan fingerprint density at radius 3 is 2.60 bits per heavy atom. The largest absolute Gasteiger partial charge is 0.493 e. The van der Waals surface area contributed by atoms with Gasteiger partial charge < -0.3 is 15.8 Å². The number of benzene rings is 3. The highest BCUT2D eigenvalue weighted by molar-refractivity contribution is 7.89. The third kappa shape index (κ3) is 5.71. The van der Waals surface area contributed by atoms with Gasteiger partial charge in [0, 0.05) is 25.6 Å². The molecule has 182 valence electrons. The first kappa shape index (κ1) is 23.9. The van der Waals surface area contributed by atoms with Crippen molar-refractivity contribution >= 4 is 31.6 Å². The lowest BCUT2D eigenvalue weighted by Crippen LogP contribution is -2.45. The zero-order chi connectivity index (χ0) is 24.3. The summed E-state index contributed by atoms with van der Waals surface area (Å²) in [4.78, 5) is 5.02. The molecule has 7 nitrogen and oxygen atoms in total. The maximum atomic E-state index is 13.2. The summed E-state index contributed by atoms with van der Waals surface area (Å²) >= 11 is 1.48. The predicted molar refractivity (Wildman–Crippen MR) is 139 cm³/mol. The highest BCUT2D eigenvalue weighted by Gasteiger charge is 2.25. The molecule has 35 heavy (non-hydrogen) atoms. The molecule has 1 saturated heterocycles. The molecular formula is C26H28N4O3S2. The van der Waals surface area contributed by atoms with Crippen LogP contribution in [0.15, 0.2) is 77.7 Å². The van der Waals surface area contributed by atoms with Gasteiger partial charge in [-0.1, -0.05) is 42.5 Å². The summed E-state index contributed by atoms with van der Waals surface area (Å²) in [7, 11) is -3.74. The number of hydrogen-bond donors (Lipinski definition) is 3. The van der Waals surface area contributed by atoms with Gasteiger partial charge in [0.15, 0.2) is 0 Å².